The SMILES string of the molecule is COc1ccc2nc(-c3cc(N)ccc3Br)oc2c1. The van der Waals surface area contributed by atoms with Crippen molar-refractivity contribution in [3.05, 3.63) is 40.9 Å². The van der Waals surface area contributed by atoms with Crippen LogP contribution in [0, 0.1) is 0 Å². The molecule has 1 aromatic heterocycles. The van der Waals surface area contributed by atoms with Gasteiger partial charge in [-0.2, -0.15) is 0 Å². The Morgan fingerprint density at radius 2 is 2.05 bits per heavy atom. The molecule has 1 heterocycles. The number of anilines is 1. The van der Waals surface area contributed by atoms with Gasteiger partial charge in [0.15, 0.2) is 5.58 Å². The van der Waals surface area contributed by atoms with Crippen LogP contribution in [0.5, 0.6) is 5.75 Å². The van der Waals surface area contributed by atoms with Crippen LogP contribution in [-0.2, 0) is 0 Å². The second kappa shape index (κ2) is 4.59. The van der Waals surface area contributed by atoms with Crippen LogP contribution >= 0.6 is 15.9 Å². The van der Waals surface area contributed by atoms with E-state index in [0.717, 1.165) is 21.3 Å². The van der Waals surface area contributed by atoms with Crippen LogP contribution in [0.3, 0.4) is 0 Å². The van der Waals surface area contributed by atoms with E-state index >= 15 is 0 Å². The van der Waals surface area contributed by atoms with Crippen LogP contribution in [-0.4, -0.2) is 12.1 Å². The lowest BCUT2D eigenvalue weighted by Gasteiger charge is -2.00. The van der Waals surface area contributed by atoms with Gasteiger partial charge in [0.2, 0.25) is 5.89 Å². The summed E-state index contributed by atoms with van der Waals surface area (Å²) in [6.07, 6.45) is 0. The van der Waals surface area contributed by atoms with Gasteiger partial charge in [0.05, 0.1) is 12.7 Å². The number of aromatic nitrogens is 1. The Kier molecular flexibility index (Phi) is 2.91. The van der Waals surface area contributed by atoms with Gasteiger partial charge in [-0.3, -0.25) is 0 Å². The fourth-order valence-electron chi connectivity index (χ4n) is 1.85. The zero-order valence-electron chi connectivity index (χ0n) is 10.2. The van der Waals surface area contributed by atoms with E-state index in [1.54, 1.807) is 7.11 Å². The van der Waals surface area contributed by atoms with Crippen LogP contribution in [0.2, 0.25) is 0 Å². The Balaban J connectivity index is 2.17. The first-order valence-electron chi connectivity index (χ1n) is 5.67. The standard InChI is InChI=1S/C14H11BrN2O2/c1-18-9-3-5-12-13(7-9)19-14(17-12)10-6-8(16)2-4-11(10)15/h2-7H,16H2,1H3. The van der Waals surface area contributed by atoms with Crippen molar-refractivity contribution in [2.75, 3.05) is 12.8 Å². The quantitative estimate of drug-likeness (QED) is 0.729. The predicted molar refractivity (Wildman–Crippen MR) is 78.1 cm³/mol. The Labute approximate surface area is 118 Å². The third-order valence-corrected chi connectivity index (χ3v) is 3.51. The monoisotopic (exact) mass is 318 g/mol. The Morgan fingerprint density at radius 1 is 1.21 bits per heavy atom. The van der Waals surface area contributed by atoms with Gasteiger partial charge >= 0.3 is 0 Å². The van der Waals surface area contributed by atoms with Crippen molar-refractivity contribution in [1.29, 1.82) is 0 Å². The summed E-state index contributed by atoms with van der Waals surface area (Å²) in [5.74, 6) is 1.27. The molecule has 0 amide bonds. The molecule has 0 spiro atoms. The molecular formula is C14H11BrN2O2. The fraction of sp³-hybridized carbons (Fsp3) is 0.0714. The summed E-state index contributed by atoms with van der Waals surface area (Å²) >= 11 is 3.47. The number of nitrogen functional groups attached to an aromatic ring is 1. The molecule has 0 aliphatic heterocycles. The molecule has 0 saturated carbocycles. The number of benzene rings is 2. The molecule has 0 unspecified atom stereocenters. The molecule has 2 N–H and O–H groups in total. The van der Waals surface area contributed by atoms with E-state index in [9.17, 15) is 0 Å². The molecule has 0 fully saturated rings. The van der Waals surface area contributed by atoms with E-state index in [0.29, 0.717) is 17.2 Å². The Morgan fingerprint density at radius 3 is 2.84 bits per heavy atom. The van der Waals surface area contributed by atoms with Crippen molar-refractivity contribution in [3.8, 4) is 17.2 Å². The highest BCUT2D eigenvalue weighted by atomic mass is 79.9. The van der Waals surface area contributed by atoms with Crippen LogP contribution in [0.15, 0.2) is 45.3 Å². The maximum absolute atomic E-state index is 5.79. The van der Waals surface area contributed by atoms with Crippen molar-refractivity contribution >= 4 is 32.7 Å². The van der Waals surface area contributed by atoms with Crippen molar-refractivity contribution in [3.63, 3.8) is 0 Å². The van der Waals surface area contributed by atoms with E-state index in [1.165, 1.54) is 0 Å². The lowest BCUT2D eigenvalue weighted by atomic mass is 10.2. The van der Waals surface area contributed by atoms with Crippen LogP contribution in [0.1, 0.15) is 0 Å². The van der Waals surface area contributed by atoms with Crippen molar-refractivity contribution in [2.24, 2.45) is 0 Å². The number of nitrogens with zero attached hydrogens (tertiary/aromatic N) is 1. The summed E-state index contributed by atoms with van der Waals surface area (Å²) in [5.41, 5.74) is 8.75. The maximum atomic E-state index is 5.79. The minimum absolute atomic E-state index is 0.530. The molecular weight excluding hydrogens is 308 g/mol. The normalized spacial score (nSPS) is 10.8. The highest BCUT2D eigenvalue weighted by Gasteiger charge is 2.12. The molecule has 0 bridgehead atoms. The van der Waals surface area contributed by atoms with E-state index in [4.69, 9.17) is 14.9 Å². The summed E-state index contributed by atoms with van der Waals surface area (Å²) in [5, 5.41) is 0. The van der Waals surface area contributed by atoms with Gasteiger partial charge in [-0.1, -0.05) is 0 Å². The van der Waals surface area contributed by atoms with Gasteiger partial charge in [0, 0.05) is 16.2 Å². The van der Waals surface area contributed by atoms with Gasteiger partial charge in [0.1, 0.15) is 11.3 Å². The molecule has 2 aromatic carbocycles. The molecule has 0 radical (unpaired) electrons. The van der Waals surface area contributed by atoms with Crippen LogP contribution < -0.4 is 10.5 Å². The predicted octanol–water partition coefficient (Wildman–Crippen LogP) is 3.85. The summed E-state index contributed by atoms with van der Waals surface area (Å²) < 4.78 is 11.8. The second-order valence-corrected chi connectivity index (χ2v) is 4.95. The fourth-order valence-corrected chi connectivity index (χ4v) is 2.27. The first-order valence-corrected chi connectivity index (χ1v) is 6.46. The van der Waals surface area contributed by atoms with Crippen molar-refractivity contribution in [2.45, 2.75) is 0 Å². The van der Waals surface area contributed by atoms with E-state index in [-0.39, 0.29) is 0 Å². The number of halogens is 1. The number of ether oxygens (including phenoxy) is 1. The molecule has 0 aliphatic rings. The molecule has 96 valence electrons. The number of rotatable bonds is 2. The molecule has 0 aliphatic carbocycles. The molecule has 3 rings (SSSR count). The number of fused-ring (bicyclic) bond motifs is 1. The lowest BCUT2D eigenvalue weighted by molar-refractivity contribution is 0.414. The lowest BCUT2D eigenvalue weighted by Crippen LogP contribution is -1.86. The second-order valence-electron chi connectivity index (χ2n) is 4.09. The largest absolute Gasteiger partial charge is 0.497 e. The summed E-state index contributed by atoms with van der Waals surface area (Å²) in [6.45, 7) is 0. The highest BCUT2D eigenvalue weighted by molar-refractivity contribution is 9.10. The zero-order valence-corrected chi connectivity index (χ0v) is 11.8. The molecule has 4 nitrogen and oxygen atoms in total. The molecule has 5 heteroatoms. The third-order valence-electron chi connectivity index (χ3n) is 2.82. The minimum atomic E-state index is 0.530. The smallest absolute Gasteiger partial charge is 0.228 e. The highest BCUT2D eigenvalue weighted by Crippen LogP contribution is 2.32. The zero-order chi connectivity index (χ0) is 13.4. The molecule has 3 aromatic rings. The Hall–Kier alpha value is -2.01. The summed E-state index contributed by atoms with van der Waals surface area (Å²) in [7, 11) is 1.62. The van der Waals surface area contributed by atoms with Gasteiger partial charge < -0.3 is 14.9 Å². The number of methoxy groups -OCH3 is 1. The molecule has 0 atom stereocenters. The first-order chi connectivity index (χ1) is 9.17. The van der Waals surface area contributed by atoms with Gasteiger partial charge in [-0.15, -0.1) is 0 Å². The van der Waals surface area contributed by atoms with Gasteiger partial charge in [-0.25, -0.2) is 4.98 Å². The van der Waals surface area contributed by atoms with Gasteiger partial charge in [0.25, 0.3) is 0 Å². The Bertz CT molecular complexity index is 752. The van der Waals surface area contributed by atoms with Crippen molar-refractivity contribution in [1.82, 2.24) is 4.98 Å². The van der Waals surface area contributed by atoms with Crippen LogP contribution in [0.4, 0.5) is 5.69 Å². The van der Waals surface area contributed by atoms with E-state index in [2.05, 4.69) is 20.9 Å². The summed E-state index contributed by atoms with van der Waals surface area (Å²) in [6, 6.07) is 11.0. The first kappa shape index (κ1) is 12.0. The van der Waals surface area contributed by atoms with E-state index < -0.39 is 0 Å². The molecule has 19 heavy (non-hydrogen) atoms. The molecule has 0 saturated heterocycles. The van der Waals surface area contributed by atoms with Gasteiger partial charge in [-0.05, 0) is 46.3 Å². The van der Waals surface area contributed by atoms with E-state index in [1.807, 2.05) is 36.4 Å². The summed E-state index contributed by atoms with van der Waals surface area (Å²) in [4.78, 5) is 4.45. The number of oxazole rings is 1. The number of nitrogens with two attached hydrogens (primary N) is 1. The van der Waals surface area contributed by atoms with Crippen molar-refractivity contribution < 1.29 is 9.15 Å². The van der Waals surface area contributed by atoms with Crippen LogP contribution in [0.25, 0.3) is 22.6 Å². The topological polar surface area (TPSA) is 61.3 Å². The number of hydrogen-bond acceptors (Lipinski definition) is 4. The third kappa shape index (κ3) is 2.17. The maximum Gasteiger partial charge on any atom is 0.228 e. The average molecular weight is 319 g/mol. The number of hydrogen-bond donors (Lipinski definition) is 1. The minimum Gasteiger partial charge on any atom is -0.497 e. The average Bonchev–Trinajstić information content (AvgIpc) is 2.83.